The molecule has 1 heterocycles. The third kappa shape index (κ3) is 4.84. The summed E-state index contributed by atoms with van der Waals surface area (Å²) >= 11 is 0. The zero-order valence-corrected chi connectivity index (χ0v) is 13.4. The van der Waals surface area contributed by atoms with Gasteiger partial charge >= 0.3 is 12.1 Å². The van der Waals surface area contributed by atoms with Crippen LogP contribution in [0, 0.1) is 11.8 Å². The number of carbonyl (C=O) groups excluding carboxylic acids is 2. The maximum atomic E-state index is 12.2. The molecular weight excluding hydrogens is 294 g/mol. The molecule has 0 N–H and O–H groups in total. The van der Waals surface area contributed by atoms with E-state index in [4.69, 9.17) is 9.47 Å². The first-order valence-corrected chi connectivity index (χ1v) is 7.79. The van der Waals surface area contributed by atoms with Gasteiger partial charge in [-0.2, -0.15) is 0 Å². The van der Waals surface area contributed by atoms with Gasteiger partial charge in [0.05, 0.1) is 7.11 Å². The molecule has 0 unspecified atom stereocenters. The Balaban J connectivity index is 1.86. The van der Waals surface area contributed by atoms with Gasteiger partial charge in [-0.1, -0.05) is 36.4 Å². The molecule has 124 valence electrons. The smallest absolute Gasteiger partial charge is 0.410 e. The number of benzene rings is 1. The van der Waals surface area contributed by atoms with Crippen LogP contribution in [-0.4, -0.2) is 37.2 Å². The number of hydrogen-bond acceptors (Lipinski definition) is 4. The molecule has 1 aliphatic heterocycles. The molecule has 5 heteroatoms. The van der Waals surface area contributed by atoms with Crippen LogP contribution in [0.2, 0.25) is 0 Å². The fourth-order valence-corrected chi connectivity index (χ4v) is 2.82. The van der Waals surface area contributed by atoms with Crippen molar-refractivity contribution in [2.75, 3.05) is 20.2 Å². The number of methoxy groups -OCH3 is 1. The van der Waals surface area contributed by atoms with Crippen molar-refractivity contribution < 1.29 is 19.1 Å². The van der Waals surface area contributed by atoms with Crippen molar-refractivity contribution in [3.05, 3.63) is 48.6 Å². The van der Waals surface area contributed by atoms with E-state index in [2.05, 4.69) is 6.58 Å². The van der Waals surface area contributed by atoms with Gasteiger partial charge in [0.15, 0.2) is 0 Å². The Kier molecular flexibility index (Phi) is 6.20. The highest BCUT2D eigenvalue weighted by atomic mass is 16.6. The standard InChI is InChI=1S/C18H23NO4/c1-3-15-12-19(10-9-16(15)11-17(20)22-2)18(21)23-13-14-7-5-4-6-8-14/h3-8,15-16H,1,9-13H2,2H3/t15-,16-/m0/s1. The van der Waals surface area contributed by atoms with Gasteiger partial charge in [-0.05, 0) is 23.8 Å². The van der Waals surface area contributed by atoms with E-state index < -0.39 is 0 Å². The molecule has 0 aromatic heterocycles. The largest absolute Gasteiger partial charge is 0.469 e. The number of carbonyl (C=O) groups is 2. The molecule has 0 spiro atoms. The van der Waals surface area contributed by atoms with Crippen molar-refractivity contribution in [3.63, 3.8) is 0 Å². The van der Waals surface area contributed by atoms with Gasteiger partial charge in [-0.3, -0.25) is 4.79 Å². The Hall–Kier alpha value is -2.30. The van der Waals surface area contributed by atoms with Gasteiger partial charge in [0.25, 0.3) is 0 Å². The third-order valence-corrected chi connectivity index (χ3v) is 4.23. The van der Waals surface area contributed by atoms with Crippen LogP contribution in [0.25, 0.3) is 0 Å². The van der Waals surface area contributed by atoms with Crippen LogP contribution in [0.1, 0.15) is 18.4 Å². The lowest BCUT2D eigenvalue weighted by Gasteiger charge is -2.36. The van der Waals surface area contributed by atoms with Gasteiger partial charge in [0.2, 0.25) is 0 Å². The fourth-order valence-electron chi connectivity index (χ4n) is 2.82. The molecular formula is C18H23NO4. The molecule has 1 amide bonds. The van der Waals surface area contributed by atoms with Crippen LogP contribution in [0.15, 0.2) is 43.0 Å². The van der Waals surface area contributed by atoms with Gasteiger partial charge in [-0.25, -0.2) is 4.79 Å². The van der Waals surface area contributed by atoms with E-state index >= 15 is 0 Å². The number of likely N-dealkylation sites (tertiary alicyclic amines) is 1. The highest BCUT2D eigenvalue weighted by Crippen LogP contribution is 2.28. The van der Waals surface area contributed by atoms with Crippen molar-refractivity contribution in [1.82, 2.24) is 4.90 Å². The van der Waals surface area contributed by atoms with Crippen LogP contribution in [-0.2, 0) is 20.9 Å². The van der Waals surface area contributed by atoms with E-state index in [9.17, 15) is 9.59 Å². The molecule has 0 radical (unpaired) electrons. The number of nitrogens with zero attached hydrogens (tertiary/aromatic N) is 1. The first-order valence-electron chi connectivity index (χ1n) is 7.79. The molecule has 1 aromatic carbocycles. The first-order chi connectivity index (χ1) is 11.1. The zero-order valence-electron chi connectivity index (χ0n) is 13.4. The van der Waals surface area contributed by atoms with E-state index in [1.165, 1.54) is 7.11 Å². The Morgan fingerprint density at radius 3 is 2.74 bits per heavy atom. The van der Waals surface area contributed by atoms with Crippen molar-refractivity contribution in [2.45, 2.75) is 19.4 Å². The van der Waals surface area contributed by atoms with Crippen molar-refractivity contribution in [2.24, 2.45) is 11.8 Å². The Morgan fingerprint density at radius 1 is 1.35 bits per heavy atom. The van der Waals surface area contributed by atoms with E-state index in [0.29, 0.717) is 19.5 Å². The summed E-state index contributed by atoms with van der Waals surface area (Å²) in [5.41, 5.74) is 0.960. The number of ether oxygens (including phenoxy) is 2. The van der Waals surface area contributed by atoms with E-state index in [1.54, 1.807) is 4.90 Å². The highest BCUT2D eigenvalue weighted by molar-refractivity contribution is 5.70. The molecule has 0 saturated carbocycles. The Labute approximate surface area is 136 Å². The van der Waals surface area contributed by atoms with E-state index in [1.807, 2.05) is 36.4 Å². The minimum Gasteiger partial charge on any atom is -0.469 e. The molecule has 2 rings (SSSR count). The second-order valence-corrected chi connectivity index (χ2v) is 5.71. The number of hydrogen-bond donors (Lipinski definition) is 0. The summed E-state index contributed by atoms with van der Waals surface area (Å²) in [7, 11) is 1.39. The van der Waals surface area contributed by atoms with Gasteiger partial charge in [0, 0.05) is 19.5 Å². The van der Waals surface area contributed by atoms with E-state index in [-0.39, 0.29) is 30.5 Å². The average molecular weight is 317 g/mol. The van der Waals surface area contributed by atoms with Gasteiger partial charge in [0.1, 0.15) is 6.61 Å². The molecule has 0 bridgehead atoms. The zero-order chi connectivity index (χ0) is 16.7. The molecule has 1 saturated heterocycles. The second kappa shape index (κ2) is 8.36. The molecule has 2 atom stereocenters. The Morgan fingerprint density at radius 2 is 2.09 bits per heavy atom. The van der Waals surface area contributed by atoms with Crippen molar-refractivity contribution >= 4 is 12.1 Å². The SMILES string of the molecule is C=C[C@H]1CN(C(=O)OCc2ccccc2)CC[C@H]1CC(=O)OC. The summed E-state index contributed by atoms with van der Waals surface area (Å²) in [5, 5.41) is 0. The van der Waals surface area contributed by atoms with Crippen LogP contribution in [0.5, 0.6) is 0 Å². The lowest BCUT2D eigenvalue weighted by atomic mass is 9.83. The van der Waals surface area contributed by atoms with Crippen LogP contribution in [0.4, 0.5) is 4.79 Å². The summed E-state index contributed by atoms with van der Waals surface area (Å²) in [6.07, 6.45) is 2.59. The topological polar surface area (TPSA) is 55.8 Å². The maximum Gasteiger partial charge on any atom is 0.410 e. The predicted molar refractivity (Wildman–Crippen MR) is 86.6 cm³/mol. The number of amides is 1. The molecule has 1 fully saturated rings. The summed E-state index contributed by atoms with van der Waals surface area (Å²) in [6, 6.07) is 9.58. The second-order valence-electron chi connectivity index (χ2n) is 5.71. The van der Waals surface area contributed by atoms with Gasteiger partial charge in [-0.15, -0.1) is 6.58 Å². The summed E-state index contributed by atoms with van der Waals surface area (Å²) in [5.74, 6) is 0.0206. The summed E-state index contributed by atoms with van der Waals surface area (Å²) < 4.78 is 10.1. The highest BCUT2D eigenvalue weighted by Gasteiger charge is 2.31. The number of esters is 1. The molecule has 5 nitrogen and oxygen atoms in total. The molecule has 23 heavy (non-hydrogen) atoms. The van der Waals surface area contributed by atoms with E-state index in [0.717, 1.165) is 12.0 Å². The van der Waals surface area contributed by atoms with Crippen LogP contribution < -0.4 is 0 Å². The van der Waals surface area contributed by atoms with Crippen molar-refractivity contribution in [3.8, 4) is 0 Å². The summed E-state index contributed by atoms with van der Waals surface area (Å²) in [4.78, 5) is 25.3. The van der Waals surface area contributed by atoms with Crippen molar-refractivity contribution in [1.29, 1.82) is 0 Å². The quantitative estimate of drug-likeness (QED) is 0.619. The molecule has 1 aromatic rings. The molecule has 0 aliphatic carbocycles. The van der Waals surface area contributed by atoms with Crippen LogP contribution in [0.3, 0.4) is 0 Å². The summed E-state index contributed by atoms with van der Waals surface area (Å²) in [6.45, 7) is 5.20. The number of piperidine rings is 1. The monoisotopic (exact) mass is 317 g/mol. The van der Waals surface area contributed by atoms with Crippen LogP contribution >= 0.6 is 0 Å². The molecule has 1 aliphatic rings. The third-order valence-electron chi connectivity index (χ3n) is 4.23. The normalized spacial score (nSPS) is 20.7. The first kappa shape index (κ1) is 17.1. The lowest BCUT2D eigenvalue weighted by Crippen LogP contribution is -2.44. The Bertz CT molecular complexity index is 543. The lowest BCUT2D eigenvalue weighted by molar-refractivity contribution is -0.142. The minimum absolute atomic E-state index is 0.0760. The number of rotatable bonds is 5. The average Bonchev–Trinajstić information content (AvgIpc) is 2.60. The maximum absolute atomic E-state index is 12.2. The fraction of sp³-hybridized carbons (Fsp3) is 0.444. The predicted octanol–water partition coefficient (Wildman–Crippen LogP) is 3.01. The minimum atomic E-state index is -0.322. The van der Waals surface area contributed by atoms with Gasteiger partial charge < -0.3 is 14.4 Å².